The van der Waals surface area contributed by atoms with Gasteiger partial charge in [0.25, 0.3) is 0 Å². The zero-order valence-corrected chi connectivity index (χ0v) is 13.3. The standard InChI is InChI=1S/C18H18O6/c1-18(2)23-16-15(20)13(22-17(16)24-18)6-4-10-3-5-11-12(19)7-8-21-14(11)9-10/h3-9,13,15-17,20H,1-2H3/b6-4+/t13-,15+,16-,17-/m1/s1. The molecule has 4 rings (SSSR count). The first-order valence-electron chi connectivity index (χ1n) is 7.82. The fourth-order valence-corrected chi connectivity index (χ4v) is 3.08. The van der Waals surface area contributed by atoms with Crippen molar-refractivity contribution < 1.29 is 23.7 Å². The molecule has 2 saturated heterocycles. The van der Waals surface area contributed by atoms with E-state index in [4.69, 9.17) is 18.6 Å². The summed E-state index contributed by atoms with van der Waals surface area (Å²) in [5.74, 6) is -0.749. The highest BCUT2D eigenvalue weighted by Gasteiger charge is 2.53. The van der Waals surface area contributed by atoms with E-state index in [1.165, 1.54) is 12.3 Å². The van der Waals surface area contributed by atoms with Crippen LogP contribution in [0.15, 0.2) is 45.8 Å². The van der Waals surface area contributed by atoms with Gasteiger partial charge in [0, 0.05) is 6.07 Å². The number of hydrogen-bond donors (Lipinski definition) is 1. The highest BCUT2D eigenvalue weighted by molar-refractivity contribution is 5.79. The van der Waals surface area contributed by atoms with Crippen LogP contribution in [-0.2, 0) is 14.2 Å². The Morgan fingerprint density at radius 3 is 2.83 bits per heavy atom. The van der Waals surface area contributed by atoms with Crippen LogP contribution in [0.5, 0.6) is 0 Å². The molecule has 2 aliphatic heterocycles. The largest absolute Gasteiger partial charge is 0.464 e. The number of rotatable bonds is 2. The lowest BCUT2D eigenvalue weighted by molar-refractivity contribution is -0.209. The molecule has 3 heterocycles. The number of aliphatic hydroxyl groups is 1. The van der Waals surface area contributed by atoms with Gasteiger partial charge in [-0.2, -0.15) is 0 Å². The lowest BCUT2D eigenvalue weighted by Gasteiger charge is -2.21. The summed E-state index contributed by atoms with van der Waals surface area (Å²) >= 11 is 0. The number of aliphatic hydroxyl groups excluding tert-OH is 1. The van der Waals surface area contributed by atoms with Gasteiger partial charge < -0.3 is 23.7 Å². The van der Waals surface area contributed by atoms with Crippen molar-refractivity contribution in [1.29, 1.82) is 0 Å². The minimum atomic E-state index is -0.800. The van der Waals surface area contributed by atoms with E-state index in [1.54, 1.807) is 32.1 Å². The van der Waals surface area contributed by atoms with Crippen LogP contribution in [0.2, 0.25) is 0 Å². The van der Waals surface area contributed by atoms with Crippen molar-refractivity contribution in [3.8, 4) is 0 Å². The molecule has 0 unspecified atom stereocenters. The Labute approximate surface area is 138 Å². The van der Waals surface area contributed by atoms with Crippen LogP contribution in [0.3, 0.4) is 0 Å². The second-order valence-electron chi connectivity index (χ2n) is 6.46. The van der Waals surface area contributed by atoms with E-state index < -0.39 is 30.4 Å². The van der Waals surface area contributed by atoms with Crippen molar-refractivity contribution in [2.24, 2.45) is 0 Å². The van der Waals surface area contributed by atoms with Crippen molar-refractivity contribution in [2.45, 2.75) is 44.2 Å². The average Bonchev–Trinajstić information content (AvgIpc) is 2.98. The van der Waals surface area contributed by atoms with Crippen molar-refractivity contribution in [3.63, 3.8) is 0 Å². The predicted molar refractivity (Wildman–Crippen MR) is 86.2 cm³/mol. The molecule has 24 heavy (non-hydrogen) atoms. The Balaban J connectivity index is 1.53. The Morgan fingerprint density at radius 2 is 2.04 bits per heavy atom. The minimum Gasteiger partial charge on any atom is -0.464 e. The molecular formula is C18H18O6. The SMILES string of the molecule is CC1(C)O[C@H]2O[C@H](/C=C/c3ccc4c(=O)ccoc4c3)[C@H](O)[C@H]2O1. The van der Waals surface area contributed by atoms with Gasteiger partial charge in [-0.1, -0.05) is 18.2 Å². The number of ether oxygens (including phenoxy) is 3. The number of benzene rings is 1. The molecule has 0 amide bonds. The Hall–Kier alpha value is -1.99. The van der Waals surface area contributed by atoms with Gasteiger partial charge in [0.1, 0.15) is 23.9 Å². The summed E-state index contributed by atoms with van der Waals surface area (Å²) in [6.45, 7) is 3.57. The first-order chi connectivity index (χ1) is 11.4. The summed E-state index contributed by atoms with van der Waals surface area (Å²) in [4.78, 5) is 11.7. The lowest BCUT2D eigenvalue weighted by Crippen LogP contribution is -2.33. The Kier molecular flexibility index (Phi) is 3.58. The van der Waals surface area contributed by atoms with Crippen molar-refractivity contribution in [3.05, 3.63) is 52.4 Å². The second-order valence-corrected chi connectivity index (χ2v) is 6.46. The Bertz CT molecular complexity index is 852. The molecule has 0 aliphatic carbocycles. The second kappa shape index (κ2) is 5.53. The molecule has 0 radical (unpaired) electrons. The summed E-state index contributed by atoms with van der Waals surface area (Å²) in [5.41, 5.74) is 1.28. The van der Waals surface area contributed by atoms with Gasteiger partial charge in [-0.3, -0.25) is 4.79 Å². The number of fused-ring (bicyclic) bond motifs is 2. The predicted octanol–water partition coefficient (Wildman–Crippen LogP) is 2.04. The van der Waals surface area contributed by atoms with Crippen LogP contribution in [0.1, 0.15) is 19.4 Å². The maximum Gasteiger partial charge on any atom is 0.192 e. The van der Waals surface area contributed by atoms with Gasteiger partial charge >= 0.3 is 0 Å². The van der Waals surface area contributed by atoms with Crippen LogP contribution in [0.25, 0.3) is 17.0 Å². The number of hydrogen-bond acceptors (Lipinski definition) is 6. The summed E-state index contributed by atoms with van der Waals surface area (Å²) in [5, 5.41) is 10.9. The molecular weight excluding hydrogens is 312 g/mol. The van der Waals surface area contributed by atoms with Crippen LogP contribution in [-0.4, -0.2) is 35.5 Å². The lowest BCUT2D eigenvalue weighted by atomic mass is 10.1. The molecule has 6 nitrogen and oxygen atoms in total. The minimum absolute atomic E-state index is 0.0777. The van der Waals surface area contributed by atoms with Gasteiger partial charge in [0.15, 0.2) is 17.5 Å². The smallest absolute Gasteiger partial charge is 0.192 e. The van der Waals surface area contributed by atoms with E-state index >= 15 is 0 Å². The van der Waals surface area contributed by atoms with Crippen molar-refractivity contribution in [1.82, 2.24) is 0 Å². The van der Waals surface area contributed by atoms with Crippen molar-refractivity contribution in [2.75, 3.05) is 0 Å². The highest BCUT2D eigenvalue weighted by Crippen LogP contribution is 2.37. The van der Waals surface area contributed by atoms with Crippen molar-refractivity contribution >= 4 is 17.0 Å². The van der Waals surface area contributed by atoms with Crippen LogP contribution in [0, 0.1) is 0 Å². The maximum absolute atomic E-state index is 11.7. The Morgan fingerprint density at radius 1 is 1.21 bits per heavy atom. The van der Waals surface area contributed by atoms with E-state index in [9.17, 15) is 9.90 Å². The maximum atomic E-state index is 11.7. The van der Waals surface area contributed by atoms with Gasteiger partial charge in [0.2, 0.25) is 0 Å². The van der Waals surface area contributed by atoms with Gasteiger partial charge in [-0.15, -0.1) is 0 Å². The average molecular weight is 330 g/mol. The summed E-state index contributed by atoms with van der Waals surface area (Å²) < 4.78 is 22.3. The van der Waals surface area contributed by atoms with E-state index in [0.717, 1.165) is 5.56 Å². The van der Waals surface area contributed by atoms with E-state index in [1.807, 2.05) is 12.1 Å². The molecule has 6 heteroatoms. The fraction of sp³-hybridized carbons (Fsp3) is 0.389. The molecule has 1 aromatic heterocycles. The molecule has 1 aromatic carbocycles. The van der Waals surface area contributed by atoms with E-state index in [-0.39, 0.29) is 5.43 Å². The van der Waals surface area contributed by atoms with Gasteiger partial charge in [-0.05, 0) is 31.5 Å². The molecule has 0 spiro atoms. The molecule has 1 N–H and O–H groups in total. The molecule has 2 fully saturated rings. The zero-order valence-electron chi connectivity index (χ0n) is 13.3. The molecule has 2 aromatic rings. The van der Waals surface area contributed by atoms with Gasteiger partial charge in [0.05, 0.1) is 11.6 Å². The summed E-state index contributed by atoms with van der Waals surface area (Å²) in [6.07, 6.45) is 2.56. The highest BCUT2D eigenvalue weighted by atomic mass is 16.8. The van der Waals surface area contributed by atoms with Crippen LogP contribution < -0.4 is 5.43 Å². The zero-order chi connectivity index (χ0) is 16.9. The van der Waals surface area contributed by atoms with Crippen LogP contribution in [0.4, 0.5) is 0 Å². The summed E-state index contributed by atoms with van der Waals surface area (Å²) in [6, 6.07) is 6.69. The topological polar surface area (TPSA) is 78.1 Å². The quantitative estimate of drug-likeness (QED) is 0.908. The van der Waals surface area contributed by atoms with Gasteiger partial charge in [-0.25, -0.2) is 0 Å². The summed E-state index contributed by atoms with van der Waals surface area (Å²) in [7, 11) is 0. The molecule has 0 bridgehead atoms. The third-order valence-corrected chi connectivity index (χ3v) is 4.22. The molecule has 4 atom stereocenters. The van der Waals surface area contributed by atoms with Crippen LogP contribution >= 0.6 is 0 Å². The first-order valence-corrected chi connectivity index (χ1v) is 7.82. The van der Waals surface area contributed by atoms with E-state index in [0.29, 0.717) is 11.0 Å². The normalized spacial score (nSPS) is 31.8. The molecule has 126 valence electrons. The molecule has 2 aliphatic rings. The molecule has 0 saturated carbocycles. The first kappa shape index (κ1) is 15.5. The monoisotopic (exact) mass is 330 g/mol. The fourth-order valence-electron chi connectivity index (χ4n) is 3.08. The van der Waals surface area contributed by atoms with E-state index in [2.05, 4.69) is 0 Å². The third kappa shape index (κ3) is 2.67. The third-order valence-electron chi connectivity index (χ3n) is 4.22.